The fraction of sp³-hybridized carbons (Fsp3) is 0.800. The first-order valence-electron chi connectivity index (χ1n) is 4.82. The molecule has 1 aliphatic rings. The molecular weight excluding hydrogens is 166 g/mol. The minimum absolute atomic E-state index is 0.195. The Hall–Kier alpha value is -0.570. The standard InChI is InChI=1S/C10H18NO2/c1-11-7-5-9(6-8-11)3-4-10(12)13-2/h4,9H,3,5-8H2,1-2H3. The van der Waals surface area contributed by atoms with Crippen LogP contribution in [0, 0.1) is 12.3 Å². The van der Waals surface area contributed by atoms with Crippen LogP contribution in [0.15, 0.2) is 0 Å². The van der Waals surface area contributed by atoms with Crippen LogP contribution in [0.2, 0.25) is 0 Å². The van der Waals surface area contributed by atoms with Crippen molar-refractivity contribution in [3.8, 4) is 0 Å². The van der Waals surface area contributed by atoms with Gasteiger partial charge in [-0.25, -0.2) is 0 Å². The molecule has 0 bridgehead atoms. The highest BCUT2D eigenvalue weighted by Gasteiger charge is 2.17. The SMILES string of the molecule is COC(=O)[CH]CC1CCN(C)CC1. The van der Waals surface area contributed by atoms with E-state index in [1.807, 2.05) is 0 Å². The molecule has 1 aliphatic heterocycles. The Labute approximate surface area is 80.1 Å². The zero-order valence-corrected chi connectivity index (χ0v) is 8.45. The van der Waals surface area contributed by atoms with E-state index in [9.17, 15) is 4.79 Å². The fourth-order valence-corrected chi connectivity index (χ4v) is 1.64. The minimum Gasteiger partial charge on any atom is -0.469 e. The van der Waals surface area contributed by atoms with E-state index in [1.54, 1.807) is 6.42 Å². The second-order valence-corrected chi connectivity index (χ2v) is 3.71. The number of carbonyl (C=O) groups is 1. The van der Waals surface area contributed by atoms with Crippen molar-refractivity contribution in [1.82, 2.24) is 4.90 Å². The number of methoxy groups -OCH3 is 1. The molecule has 0 aromatic rings. The molecule has 0 saturated carbocycles. The predicted octanol–water partition coefficient (Wildman–Crippen LogP) is 1.10. The molecule has 0 aliphatic carbocycles. The Balaban J connectivity index is 2.12. The molecule has 0 aromatic heterocycles. The zero-order valence-electron chi connectivity index (χ0n) is 8.45. The first-order valence-corrected chi connectivity index (χ1v) is 4.82. The summed E-state index contributed by atoms with van der Waals surface area (Å²) in [5.74, 6) is 0.481. The van der Waals surface area contributed by atoms with Gasteiger partial charge in [0.05, 0.1) is 13.5 Å². The van der Waals surface area contributed by atoms with E-state index >= 15 is 0 Å². The van der Waals surface area contributed by atoms with Gasteiger partial charge in [0, 0.05) is 0 Å². The van der Waals surface area contributed by atoms with Crippen LogP contribution in [0.1, 0.15) is 19.3 Å². The van der Waals surface area contributed by atoms with Crippen LogP contribution >= 0.6 is 0 Å². The van der Waals surface area contributed by atoms with Crippen LogP contribution in [-0.2, 0) is 9.53 Å². The third-order valence-electron chi connectivity index (χ3n) is 2.66. The molecule has 0 aromatic carbocycles. The zero-order chi connectivity index (χ0) is 9.68. The monoisotopic (exact) mass is 184 g/mol. The first-order chi connectivity index (χ1) is 6.22. The highest BCUT2D eigenvalue weighted by atomic mass is 16.5. The molecule has 1 heterocycles. The van der Waals surface area contributed by atoms with Gasteiger partial charge in [0.2, 0.25) is 0 Å². The average molecular weight is 184 g/mol. The molecule has 1 saturated heterocycles. The summed E-state index contributed by atoms with van der Waals surface area (Å²) in [6.45, 7) is 2.30. The van der Waals surface area contributed by atoms with Gasteiger partial charge in [-0.15, -0.1) is 0 Å². The van der Waals surface area contributed by atoms with Gasteiger partial charge in [-0.05, 0) is 45.3 Å². The fourth-order valence-electron chi connectivity index (χ4n) is 1.64. The van der Waals surface area contributed by atoms with Crippen LogP contribution in [0.4, 0.5) is 0 Å². The number of likely N-dealkylation sites (tertiary alicyclic amines) is 1. The predicted molar refractivity (Wildman–Crippen MR) is 51.2 cm³/mol. The maximum absolute atomic E-state index is 10.8. The molecule has 1 rings (SSSR count). The summed E-state index contributed by atoms with van der Waals surface area (Å²) in [6, 6.07) is 0. The first kappa shape index (κ1) is 10.5. The van der Waals surface area contributed by atoms with Crippen molar-refractivity contribution in [3.63, 3.8) is 0 Å². The summed E-state index contributed by atoms with van der Waals surface area (Å²) in [6.07, 6.45) is 4.94. The van der Waals surface area contributed by atoms with Crippen molar-refractivity contribution in [1.29, 1.82) is 0 Å². The Morgan fingerprint density at radius 2 is 2.15 bits per heavy atom. The number of nitrogens with zero attached hydrogens (tertiary/aromatic N) is 1. The van der Waals surface area contributed by atoms with Gasteiger partial charge in [0.15, 0.2) is 0 Å². The molecular formula is C10H18NO2. The Kier molecular flexibility index (Phi) is 4.22. The molecule has 0 amide bonds. The van der Waals surface area contributed by atoms with E-state index in [-0.39, 0.29) is 5.97 Å². The summed E-state index contributed by atoms with van der Waals surface area (Å²) >= 11 is 0. The molecule has 75 valence electrons. The molecule has 0 spiro atoms. The number of hydrogen-bond donors (Lipinski definition) is 0. The van der Waals surface area contributed by atoms with Gasteiger partial charge in [0.25, 0.3) is 0 Å². The van der Waals surface area contributed by atoms with Gasteiger partial charge < -0.3 is 9.64 Å². The molecule has 0 atom stereocenters. The van der Waals surface area contributed by atoms with E-state index in [1.165, 1.54) is 20.0 Å². The van der Waals surface area contributed by atoms with Crippen molar-refractivity contribution < 1.29 is 9.53 Å². The van der Waals surface area contributed by atoms with Crippen LogP contribution in [0.3, 0.4) is 0 Å². The summed E-state index contributed by atoms with van der Waals surface area (Å²) in [4.78, 5) is 13.2. The second-order valence-electron chi connectivity index (χ2n) is 3.71. The van der Waals surface area contributed by atoms with E-state index in [0.717, 1.165) is 19.5 Å². The number of ether oxygens (including phenoxy) is 1. The molecule has 3 nitrogen and oxygen atoms in total. The Morgan fingerprint density at radius 3 is 2.69 bits per heavy atom. The summed E-state index contributed by atoms with van der Waals surface area (Å²) in [7, 11) is 3.56. The lowest BCUT2D eigenvalue weighted by atomic mass is 9.92. The highest BCUT2D eigenvalue weighted by molar-refractivity contribution is 5.78. The minimum atomic E-state index is -0.195. The maximum atomic E-state index is 10.8. The van der Waals surface area contributed by atoms with Gasteiger partial charge >= 0.3 is 5.97 Å². The second kappa shape index (κ2) is 5.22. The van der Waals surface area contributed by atoms with Gasteiger partial charge in [-0.3, -0.25) is 4.79 Å². The van der Waals surface area contributed by atoms with E-state index < -0.39 is 0 Å². The number of hydrogen-bond acceptors (Lipinski definition) is 3. The molecule has 1 radical (unpaired) electrons. The molecule has 13 heavy (non-hydrogen) atoms. The molecule has 0 unspecified atom stereocenters. The molecule has 0 N–H and O–H groups in total. The van der Waals surface area contributed by atoms with Crippen LogP contribution in [-0.4, -0.2) is 38.1 Å². The van der Waals surface area contributed by atoms with E-state index in [4.69, 9.17) is 0 Å². The topological polar surface area (TPSA) is 29.5 Å². The van der Waals surface area contributed by atoms with Crippen molar-refractivity contribution in [2.45, 2.75) is 19.3 Å². The Morgan fingerprint density at radius 1 is 1.54 bits per heavy atom. The lowest BCUT2D eigenvalue weighted by Crippen LogP contribution is -2.30. The Bertz CT molecular complexity index is 162. The van der Waals surface area contributed by atoms with Gasteiger partial charge in [-0.1, -0.05) is 0 Å². The van der Waals surface area contributed by atoms with Gasteiger partial charge in [0.1, 0.15) is 0 Å². The average Bonchev–Trinajstić information content (AvgIpc) is 2.16. The number of rotatable bonds is 3. The maximum Gasteiger partial charge on any atom is 0.309 e. The normalized spacial score (nSPS) is 20.2. The summed E-state index contributed by atoms with van der Waals surface area (Å²) < 4.78 is 4.56. The van der Waals surface area contributed by atoms with Crippen LogP contribution < -0.4 is 0 Å². The molecule has 1 fully saturated rings. The number of carbonyl (C=O) groups excluding carboxylic acids is 1. The van der Waals surface area contributed by atoms with E-state index in [0.29, 0.717) is 5.92 Å². The highest BCUT2D eigenvalue weighted by Crippen LogP contribution is 2.20. The number of piperidine rings is 1. The van der Waals surface area contributed by atoms with Crippen molar-refractivity contribution >= 4 is 5.97 Å². The lowest BCUT2D eigenvalue weighted by Gasteiger charge is -2.28. The van der Waals surface area contributed by atoms with Crippen LogP contribution in [0.5, 0.6) is 0 Å². The lowest BCUT2D eigenvalue weighted by molar-refractivity contribution is -0.136. The quantitative estimate of drug-likeness (QED) is 0.615. The third-order valence-corrected chi connectivity index (χ3v) is 2.66. The van der Waals surface area contributed by atoms with E-state index in [2.05, 4.69) is 16.7 Å². The summed E-state index contributed by atoms with van der Waals surface area (Å²) in [5.41, 5.74) is 0. The number of esters is 1. The van der Waals surface area contributed by atoms with Crippen molar-refractivity contribution in [2.75, 3.05) is 27.2 Å². The summed E-state index contributed by atoms with van der Waals surface area (Å²) in [5, 5.41) is 0. The largest absolute Gasteiger partial charge is 0.469 e. The van der Waals surface area contributed by atoms with Crippen molar-refractivity contribution in [2.24, 2.45) is 5.92 Å². The third kappa shape index (κ3) is 3.77. The van der Waals surface area contributed by atoms with Crippen molar-refractivity contribution in [3.05, 3.63) is 6.42 Å². The van der Waals surface area contributed by atoms with Gasteiger partial charge in [-0.2, -0.15) is 0 Å². The van der Waals surface area contributed by atoms with Crippen LogP contribution in [0.25, 0.3) is 0 Å². The molecule has 3 heteroatoms. The smallest absolute Gasteiger partial charge is 0.309 e.